The van der Waals surface area contributed by atoms with E-state index in [4.69, 9.17) is 14.2 Å². The third kappa shape index (κ3) is 62.4. The molecule has 6 nitrogen and oxygen atoms in total. The number of hydrogen-bond donors (Lipinski definition) is 0. The van der Waals surface area contributed by atoms with Crippen molar-refractivity contribution in [2.24, 2.45) is 0 Å². The Morgan fingerprint density at radius 3 is 0.667 bits per heavy atom. The number of hydrogen-bond acceptors (Lipinski definition) is 6. The van der Waals surface area contributed by atoms with Crippen LogP contribution in [0.15, 0.2) is 36.5 Å². The molecule has 0 aliphatic carbocycles. The Kier molecular flexibility index (Phi) is 62.1. The lowest BCUT2D eigenvalue weighted by molar-refractivity contribution is -0.167. The van der Waals surface area contributed by atoms with Crippen molar-refractivity contribution in [2.45, 2.75) is 374 Å². The Bertz CT molecular complexity index is 1190. The maximum atomic E-state index is 12.9. The van der Waals surface area contributed by atoms with Crippen LogP contribution in [0, 0.1) is 0 Å². The molecule has 440 valence electrons. The van der Waals surface area contributed by atoms with Crippen LogP contribution in [0.1, 0.15) is 367 Å². The van der Waals surface area contributed by atoms with Crippen molar-refractivity contribution in [1.82, 2.24) is 0 Å². The molecule has 0 fully saturated rings. The number of esters is 3. The van der Waals surface area contributed by atoms with Crippen LogP contribution >= 0.6 is 0 Å². The fourth-order valence-electron chi connectivity index (χ4n) is 10.0. The molecule has 0 spiro atoms. The summed E-state index contributed by atoms with van der Waals surface area (Å²) in [7, 11) is 0. The number of carbonyl (C=O) groups is 3. The van der Waals surface area contributed by atoms with E-state index >= 15 is 0 Å². The van der Waals surface area contributed by atoms with Crippen LogP contribution in [-0.4, -0.2) is 37.2 Å². The topological polar surface area (TPSA) is 78.9 Å². The minimum absolute atomic E-state index is 0.0725. The Morgan fingerprint density at radius 1 is 0.253 bits per heavy atom. The molecule has 0 aromatic heterocycles. The van der Waals surface area contributed by atoms with Gasteiger partial charge in [-0.2, -0.15) is 0 Å². The standard InChI is InChI=1S/C69H128O6/c1-4-7-10-13-16-19-22-25-28-30-32-34-36-38-41-43-46-49-52-55-58-61-67(70)73-64-66(75-69(72)63-60-57-54-51-48-45-40-27-24-21-18-15-12-9-6-3)65-74-68(71)62-59-56-53-50-47-44-42-39-37-35-33-31-29-26-23-20-17-14-11-8-5-2/h25-29,40,66H,4-24,30-39,41-65H2,1-3H3/b28-25-,29-26-,40-27-. The summed E-state index contributed by atoms with van der Waals surface area (Å²) < 4.78 is 17.0. The molecule has 6 heteroatoms. The third-order valence-electron chi connectivity index (χ3n) is 15.1. The highest BCUT2D eigenvalue weighted by atomic mass is 16.6. The van der Waals surface area contributed by atoms with E-state index in [9.17, 15) is 14.4 Å². The highest BCUT2D eigenvalue weighted by Crippen LogP contribution is 2.17. The molecular weight excluding hydrogens is 925 g/mol. The molecule has 0 bridgehead atoms. The lowest BCUT2D eigenvalue weighted by atomic mass is 10.0. The zero-order valence-corrected chi connectivity index (χ0v) is 50.6. The maximum Gasteiger partial charge on any atom is 0.306 e. The number of carbonyl (C=O) groups excluding carboxylic acids is 3. The van der Waals surface area contributed by atoms with E-state index in [1.165, 1.54) is 263 Å². The first-order valence-corrected chi connectivity index (χ1v) is 33.5. The van der Waals surface area contributed by atoms with Gasteiger partial charge in [0.15, 0.2) is 6.10 Å². The summed E-state index contributed by atoms with van der Waals surface area (Å²) in [5.74, 6) is -0.858. The quantitative estimate of drug-likeness (QED) is 0.0261. The molecule has 0 N–H and O–H groups in total. The Morgan fingerprint density at radius 2 is 0.440 bits per heavy atom. The molecule has 0 atom stereocenters. The van der Waals surface area contributed by atoms with Gasteiger partial charge in [-0.05, 0) is 96.3 Å². The lowest BCUT2D eigenvalue weighted by Crippen LogP contribution is -2.30. The van der Waals surface area contributed by atoms with E-state index in [2.05, 4.69) is 57.2 Å². The van der Waals surface area contributed by atoms with Gasteiger partial charge in [-0.3, -0.25) is 14.4 Å². The molecule has 0 aliphatic rings. The van der Waals surface area contributed by atoms with Gasteiger partial charge in [-0.1, -0.05) is 288 Å². The summed E-state index contributed by atoms with van der Waals surface area (Å²) in [4.78, 5) is 38.4. The molecule has 0 rings (SSSR count). The van der Waals surface area contributed by atoms with Crippen molar-refractivity contribution >= 4 is 17.9 Å². The van der Waals surface area contributed by atoms with E-state index in [1.807, 2.05) is 0 Å². The van der Waals surface area contributed by atoms with Crippen molar-refractivity contribution in [3.05, 3.63) is 36.5 Å². The first-order chi connectivity index (χ1) is 37.0. The molecule has 0 aromatic rings. The molecular formula is C69H128O6. The van der Waals surface area contributed by atoms with Gasteiger partial charge < -0.3 is 14.2 Å². The zero-order valence-electron chi connectivity index (χ0n) is 50.6. The first kappa shape index (κ1) is 72.6. The van der Waals surface area contributed by atoms with Gasteiger partial charge in [-0.15, -0.1) is 0 Å². The van der Waals surface area contributed by atoms with E-state index in [0.717, 1.165) is 64.2 Å². The van der Waals surface area contributed by atoms with Crippen LogP contribution < -0.4 is 0 Å². The first-order valence-electron chi connectivity index (χ1n) is 33.5. The summed E-state index contributed by atoms with van der Waals surface area (Å²) in [5, 5.41) is 0. The number of ether oxygens (including phenoxy) is 3. The predicted molar refractivity (Wildman–Crippen MR) is 326 cm³/mol. The molecule has 75 heavy (non-hydrogen) atoms. The van der Waals surface area contributed by atoms with Crippen LogP contribution in [0.5, 0.6) is 0 Å². The van der Waals surface area contributed by atoms with Crippen LogP contribution in [0.25, 0.3) is 0 Å². The molecule has 0 radical (unpaired) electrons. The van der Waals surface area contributed by atoms with Crippen molar-refractivity contribution in [2.75, 3.05) is 13.2 Å². The monoisotopic (exact) mass is 1050 g/mol. The van der Waals surface area contributed by atoms with Crippen LogP contribution in [-0.2, 0) is 28.6 Å². The normalized spacial score (nSPS) is 11.8. The second kappa shape index (κ2) is 64.2. The number of rotatable bonds is 62. The van der Waals surface area contributed by atoms with E-state index in [-0.39, 0.29) is 31.1 Å². The molecule has 0 aliphatic heterocycles. The summed E-state index contributed by atoms with van der Waals surface area (Å²) in [5.41, 5.74) is 0. The molecule has 0 saturated heterocycles. The minimum Gasteiger partial charge on any atom is -0.462 e. The highest BCUT2D eigenvalue weighted by molar-refractivity contribution is 5.71. The lowest BCUT2D eigenvalue weighted by Gasteiger charge is -2.18. The van der Waals surface area contributed by atoms with E-state index in [1.54, 1.807) is 0 Å². The molecule has 0 heterocycles. The third-order valence-corrected chi connectivity index (χ3v) is 15.1. The summed E-state index contributed by atoms with van der Waals surface area (Å²) in [6, 6.07) is 0. The van der Waals surface area contributed by atoms with Gasteiger partial charge in [0.25, 0.3) is 0 Å². The second-order valence-corrected chi connectivity index (χ2v) is 22.7. The van der Waals surface area contributed by atoms with Crippen molar-refractivity contribution < 1.29 is 28.6 Å². The van der Waals surface area contributed by atoms with Crippen LogP contribution in [0.3, 0.4) is 0 Å². The van der Waals surface area contributed by atoms with Crippen molar-refractivity contribution in [1.29, 1.82) is 0 Å². The zero-order chi connectivity index (χ0) is 54.3. The smallest absolute Gasteiger partial charge is 0.306 e. The van der Waals surface area contributed by atoms with Gasteiger partial charge >= 0.3 is 17.9 Å². The summed E-state index contributed by atoms with van der Waals surface area (Å²) in [6.07, 6.45) is 78.7. The summed E-state index contributed by atoms with van der Waals surface area (Å²) >= 11 is 0. The largest absolute Gasteiger partial charge is 0.462 e. The number of unbranched alkanes of at least 4 members (excludes halogenated alkanes) is 45. The Balaban J connectivity index is 4.30. The fraction of sp³-hybridized carbons (Fsp3) is 0.870. The molecule has 0 unspecified atom stereocenters. The van der Waals surface area contributed by atoms with Crippen LogP contribution in [0.4, 0.5) is 0 Å². The van der Waals surface area contributed by atoms with Gasteiger partial charge in [0.1, 0.15) is 13.2 Å². The number of allylic oxidation sites excluding steroid dienone is 6. The maximum absolute atomic E-state index is 12.9. The molecule has 0 aromatic carbocycles. The second-order valence-electron chi connectivity index (χ2n) is 22.7. The molecule has 0 saturated carbocycles. The molecule has 0 amide bonds. The Hall–Kier alpha value is -2.37. The minimum atomic E-state index is -0.776. The van der Waals surface area contributed by atoms with Gasteiger partial charge in [0.2, 0.25) is 0 Å². The SMILES string of the molecule is CCCCCCCC/C=C\CCCCCCCCCCCCCC(=O)OCC(COC(=O)CCCCCCCCCCCCC/C=C\CCCCCCCC)OC(=O)CCCCCCC/C=C\CCCCCCCC. The van der Waals surface area contributed by atoms with Gasteiger partial charge in [0.05, 0.1) is 0 Å². The van der Waals surface area contributed by atoms with Crippen molar-refractivity contribution in [3.8, 4) is 0 Å². The predicted octanol–water partition coefficient (Wildman–Crippen LogP) is 22.8. The average Bonchev–Trinajstić information content (AvgIpc) is 3.41. The average molecular weight is 1050 g/mol. The summed E-state index contributed by atoms with van der Waals surface area (Å²) in [6.45, 7) is 6.68. The van der Waals surface area contributed by atoms with Gasteiger partial charge in [0, 0.05) is 19.3 Å². The highest BCUT2D eigenvalue weighted by Gasteiger charge is 2.19. The van der Waals surface area contributed by atoms with E-state index in [0.29, 0.717) is 19.3 Å². The Labute approximate surface area is 467 Å². The van der Waals surface area contributed by atoms with E-state index < -0.39 is 6.10 Å². The van der Waals surface area contributed by atoms with Crippen LogP contribution in [0.2, 0.25) is 0 Å². The fourth-order valence-corrected chi connectivity index (χ4v) is 10.0. The van der Waals surface area contributed by atoms with Crippen molar-refractivity contribution in [3.63, 3.8) is 0 Å². The van der Waals surface area contributed by atoms with Gasteiger partial charge in [-0.25, -0.2) is 0 Å².